The van der Waals surface area contributed by atoms with E-state index in [0.29, 0.717) is 12.3 Å². The topological polar surface area (TPSA) is 93.2 Å². The smallest absolute Gasteiger partial charge is 0.385 e. The molecule has 2 unspecified atom stereocenters. The second-order valence-electron chi connectivity index (χ2n) is 7.79. The van der Waals surface area contributed by atoms with Crippen LogP contribution in [0.2, 0.25) is 5.02 Å². The first-order chi connectivity index (χ1) is 14.9. The molecule has 174 valence electrons. The number of amides is 1. The first kappa shape index (κ1) is 22.6. The molecule has 1 saturated heterocycles. The van der Waals surface area contributed by atoms with Gasteiger partial charge in [-0.05, 0) is 18.9 Å². The SMILES string of the molecule is O=C(C1CCC(O)c2nn(Cc3ncc(C(F)(F)F)cc3Cl)c(=O)n21)N1CCC(F)(F)C1. The standard InChI is InChI=1S/C18H17ClF5N5O3/c19-10-5-9(18(22,23)24)6-25-11(10)7-28-16(32)29-12(1-2-13(30)14(29)26-28)15(31)27-4-3-17(20,21)8-27/h5-6,12-13,30H,1-4,7-8H2. The number of hydrogen-bond acceptors (Lipinski definition) is 5. The number of likely N-dealkylation sites (tertiary alicyclic amines) is 1. The lowest BCUT2D eigenvalue weighted by molar-refractivity contribution is -0.138. The lowest BCUT2D eigenvalue weighted by Crippen LogP contribution is -2.43. The molecule has 4 heterocycles. The van der Waals surface area contributed by atoms with Gasteiger partial charge in [-0.25, -0.2) is 18.3 Å². The quantitative estimate of drug-likeness (QED) is 0.680. The van der Waals surface area contributed by atoms with E-state index in [0.717, 1.165) is 14.1 Å². The fourth-order valence-corrected chi connectivity index (χ4v) is 4.11. The predicted molar refractivity (Wildman–Crippen MR) is 99.2 cm³/mol. The summed E-state index contributed by atoms with van der Waals surface area (Å²) in [5.41, 5.74) is -1.97. The number of aliphatic hydroxyl groups excluding tert-OH is 1. The van der Waals surface area contributed by atoms with Crippen molar-refractivity contribution in [2.45, 2.75) is 50.1 Å². The summed E-state index contributed by atoms with van der Waals surface area (Å²) < 4.78 is 67.3. The van der Waals surface area contributed by atoms with Gasteiger partial charge in [-0.1, -0.05) is 11.6 Å². The molecule has 1 fully saturated rings. The summed E-state index contributed by atoms with van der Waals surface area (Å²) in [6.45, 7) is -1.33. The van der Waals surface area contributed by atoms with Crippen molar-refractivity contribution in [1.82, 2.24) is 24.2 Å². The van der Waals surface area contributed by atoms with Crippen LogP contribution in [0.1, 0.15) is 48.5 Å². The zero-order valence-electron chi connectivity index (χ0n) is 16.3. The minimum Gasteiger partial charge on any atom is -0.385 e. The van der Waals surface area contributed by atoms with Gasteiger partial charge >= 0.3 is 11.9 Å². The van der Waals surface area contributed by atoms with E-state index in [-0.39, 0.29) is 35.9 Å². The van der Waals surface area contributed by atoms with Crippen molar-refractivity contribution < 1.29 is 31.9 Å². The average Bonchev–Trinajstić information content (AvgIpc) is 3.23. The largest absolute Gasteiger partial charge is 0.417 e. The lowest BCUT2D eigenvalue weighted by Gasteiger charge is -2.29. The van der Waals surface area contributed by atoms with Crippen molar-refractivity contribution in [3.63, 3.8) is 0 Å². The Morgan fingerprint density at radius 1 is 1.31 bits per heavy atom. The predicted octanol–water partition coefficient (Wildman–Crippen LogP) is 2.40. The number of aliphatic hydroxyl groups is 1. The second-order valence-corrected chi connectivity index (χ2v) is 8.20. The Kier molecular flexibility index (Phi) is 5.52. The van der Waals surface area contributed by atoms with E-state index < -0.39 is 60.9 Å². The summed E-state index contributed by atoms with van der Waals surface area (Å²) in [6, 6.07) is -0.459. The molecule has 8 nitrogen and oxygen atoms in total. The van der Waals surface area contributed by atoms with E-state index in [2.05, 4.69) is 10.1 Å². The van der Waals surface area contributed by atoms with Gasteiger partial charge in [-0.3, -0.25) is 14.3 Å². The monoisotopic (exact) mass is 481 g/mol. The molecule has 0 spiro atoms. The highest BCUT2D eigenvalue weighted by atomic mass is 35.5. The number of carbonyl (C=O) groups excluding carboxylic acids is 1. The summed E-state index contributed by atoms with van der Waals surface area (Å²) in [6.07, 6.45) is -5.62. The van der Waals surface area contributed by atoms with Crippen molar-refractivity contribution >= 4 is 17.5 Å². The number of halogens is 6. The minimum atomic E-state index is -4.65. The van der Waals surface area contributed by atoms with Crippen LogP contribution >= 0.6 is 11.6 Å². The Balaban J connectivity index is 1.65. The van der Waals surface area contributed by atoms with E-state index in [1.807, 2.05) is 0 Å². The number of aromatic nitrogens is 4. The molecule has 0 saturated carbocycles. The first-order valence-electron chi connectivity index (χ1n) is 9.63. The molecule has 2 aromatic heterocycles. The first-order valence-corrected chi connectivity index (χ1v) is 10.0. The fraction of sp³-hybridized carbons (Fsp3) is 0.556. The zero-order chi connectivity index (χ0) is 23.4. The molecule has 2 aliphatic rings. The van der Waals surface area contributed by atoms with Crippen molar-refractivity contribution in [2.75, 3.05) is 13.1 Å². The van der Waals surface area contributed by atoms with E-state index >= 15 is 0 Å². The summed E-state index contributed by atoms with van der Waals surface area (Å²) in [5, 5.41) is 13.9. The molecular weight excluding hydrogens is 465 g/mol. The molecular formula is C18H17ClF5N5O3. The molecule has 2 aromatic rings. The maximum Gasteiger partial charge on any atom is 0.417 e. The Bertz CT molecular complexity index is 1120. The van der Waals surface area contributed by atoms with E-state index in [1.165, 1.54) is 0 Å². The highest BCUT2D eigenvalue weighted by molar-refractivity contribution is 6.31. The number of fused-ring (bicyclic) bond motifs is 1. The Labute approximate surface area is 182 Å². The number of nitrogens with zero attached hydrogens (tertiary/aromatic N) is 5. The molecule has 4 rings (SSSR count). The normalized spacial score (nSPS) is 22.8. The fourth-order valence-electron chi connectivity index (χ4n) is 3.88. The van der Waals surface area contributed by atoms with Crippen molar-refractivity contribution in [3.8, 4) is 0 Å². The van der Waals surface area contributed by atoms with Crippen LogP contribution in [0.15, 0.2) is 17.1 Å². The van der Waals surface area contributed by atoms with Crippen LogP contribution in [0.4, 0.5) is 22.0 Å². The van der Waals surface area contributed by atoms with Crippen LogP contribution in [-0.2, 0) is 17.5 Å². The number of alkyl halides is 5. The Morgan fingerprint density at radius 2 is 2.03 bits per heavy atom. The van der Waals surface area contributed by atoms with Gasteiger partial charge in [0.05, 0.1) is 29.4 Å². The van der Waals surface area contributed by atoms with Gasteiger partial charge in [-0.15, -0.1) is 0 Å². The van der Waals surface area contributed by atoms with Crippen LogP contribution < -0.4 is 5.69 Å². The molecule has 0 aliphatic carbocycles. The summed E-state index contributed by atoms with van der Waals surface area (Å²) >= 11 is 5.89. The van der Waals surface area contributed by atoms with Crippen molar-refractivity contribution in [3.05, 3.63) is 44.9 Å². The second kappa shape index (κ2) is 7.80. The van der Waals surface area contributed by atoms with Crippen LogP contribution in [0.5, 0.6) is 0 Å². The molecule has 32 heavy (non-hydrogen) atoms. The third-order valence-electron chi connectivity index (χ3n) is 5.53. The van der Waals surface area contributed by atoms with Crippen LogP contribution in [-0.4, -0.2) is 54.3 Å². The number of pyridine rings is 1. The molecule has 1 amide bonds. The van der Waals surface area contributed by atoms with Gasteiger partial charge in [-0.2, -0.15) is 18.3 Å². The van der Waals surface area contributed by atoms with Gasteiger partial charge in [0.2, 0.25) is 5.91 Å². The van der Waals surface area contributed by atoms with Crippen LogP contribution in [0, 0.1) is 0 Å². The maximum absolute atomic E-state index is 13.5. The average molecular weight is 482 g/mol. The van der Waals surface area contributed by atoms with Gasteiger partial charge in [0, 0.05) is 19.2 Å². The van der Waals surface area contributed by atoms with Gasteiger partial charge in [0.15, 0.2) is 5.82 Å². The number of hydrogen-bond donors (Lipinski definition) is 1. The summed E-state index contributed by atoms with van der Waals surface area (Å²) in [5.74, 6) is -3.82. The minimum absolute atomic E-state index is 0.0416. The molecule has 0 radical (unpaired) electrons. The zero-order valence-corrected chi connectivity index (χ0v) is 17.1. The van der Waals surface area contributed by atoms with Crippen molar-refractivity contribution in [1.29, 1.82) is 0 Å². The van der Waals surface area contributed by atoms with Crippen LogP contribution in [0.3, 0.4) is 0 Å². The number of rotatable bonds is 3. The summed E-state index contributed by atoms with van der Waals surface area (Å²) in [7, 11) is 0. The Hall–Kier alpha value is -2.54. The van der Waals surface area contributed by atoms with Crippen molar-refractivity contribution in [2.24, 2.45) is 0 Å². The number of carbonyl (C=O) groups is 1. The molecule has 0 bridgehead atoms. The third-order valence-corrected chi connectivity index (χ3v) is 5.86. The molecule has 2 atom stereocenters. The summed E-state index contributed by atoms with van der Waals surface area (Å²) in [4.78, 5) is 30.4. The van der Waals surface area contributed by atoms with E-state index in [9.17, 15) is 36.6 Å². The van der Waals surface area contributed by atoms with Gasteiger partial charge in [0.1, 0.15) is 12.1 Å². The third kappa shape index (κ3) is 4.10. The van der Waals surface area contributed by atoms with Gasteiger partial charge < -0.3 is 10.0 Å². The molecule has 2 aliphatic heterocycles. The lowest BCUT2D eigenvalue weighted by atomic mass is 10.0. The molecule has 14 heteroatoms. The molecule has 1 N–H and O–H groups in total. The maximum atomic E-state index is 13.5. The van der Waals surface area contributed by atoms with Crippen LogP contribution in [0.25, 0.3) is 0 Å². The highest BCUT2D eigenvalue weighted by Crippen LogP contribution is 2.34. The van der Waals surface area contributed by atoms with E-state index in [4.69, 9.17) is 11.6 Å². The van der Waals surface area contributed by atoms with Gasteiger partial charge in [0.25, 0.3) is 5.92 Å². The highest BCUT2D eigenvalue weighted by Gasteiger charge is 2.44. The molecule has 0 aromatic carbocycles. The van der Waals surface area contributed by atoms with E-state index in [1.54, 1.807) is 0 Å². The Morgan fingerprint density at radius 3 is 2.62 bits per heavy atom.